The Hall–Kier alpha value is -1.80. The maximum Gasteiger partial charge on any atom is 0.194 e. The van der Waals surface area contributed by atoms with Crippen LogP contribution >= 0.6 is 0 Å². The summed E-state index contributed by atoms with van der Waals surface area (Å²) < 4.78 is 0.998. The van der Waals surface area contributed by atoms with Crippen LogP contribution in [-0.2, 0) is 12.8 Å². The van der Waals surface area contributed by atoms with Gasteiger partial charge in [0.05, 0.1) is 53.2 Å². The monoisotopic (exact) mass is 544 g/mol. The summed E-state index contributed by atoms with van der Waals surface area (Å²) in [6.45, 7) is 3.10. The first-order valence-corrected chi connectivity index (χ1v) is 15.2. The molecule has 4 atom stereocenters. The van der Waals surface area contributed by atoms with Crippen molar-refractivity contribution in [2.45, 2.75) is 83.1 Å². The minimum atomic E-state index is -0.503. The molecule has 0 fully saturated rings. The van der Waals surface area contributed by atoms with Gasteiger partial charge in [-0.3, -0.25) is 8.97 Å². The second-order valence-corrected chi connectivity index (χ2v) is 11.8. The molecule has 6 nitrogen and oxygen atoms in total. The first-order valence-electron chi connectivity index (χ1n) is 15.2. The van der Waals surface area contributed by atoms with Crippen molar-refractivity contribution < 1.29 is 29.4 Å². The molecular weight excluding hydrogens is 488 g/mol. The highest BCUT2D eigenvalue weighted by molar-refractivity contribution is 5.15. The highest BCUT2D eigenvalue weighted by Crippen LogP contribution is 2.19. The summed E-state index contributed by atoms with van der Waals surface area (Å²) in [7, 11) is 4.13. The van der Waals surface area contributed by atoms with Gasteiger partial charge in [-0.2, -0.15) is 0 Å². The normalized spacial score (nSPS) is 16.4. The SMILES string of the molecule is C[N+](CCO)(CCCCCCCCCCC[N+](C)(CCO)C(O)Cc1ccccc1)C(O)Cc1ccccc1. The molecule has 0 radical (unpaired) electrons. The van der Waals surface area contributed by atoms with E-state index < -0.39 is 12.5 Å². The highest BCUT2D eigenvalue weighted by atomic mass is 16.3. The lowest BCUT2D eigenvalue weighted by Crippen LogP contribution is -2.55. The number of hydrogen-bond donors (Lipinski definition) is 4. The van der Waals surface area contributed by atoms with Crippen molar-refractivity contribution in [1.29, 1.82) is 0 Å². The van der Waals surface area contributed by atoms with Crippen LogP contribution < -0.4 is 0 Å². The zero-order chi connectivity index (χ0) is 28.4. The summed E-state index contributed by atoms with van der Waals surface area (Å²) >= 11 is 0. The van der Waals surface area contributed by atoms with Gasteiger partial charge >= 0.3 is 0 Å². The predicted molar refractivity (Wildman–Crippen MR) is 160 cm³/mol. The van der Waals surface area contributed by atoms with E-state index in [1.54, 1.807) is 0 Å². The van der Waals surface area contributed by atoms with Gasteiger partial charge in [0.2, 0.25) is 0 Å². The van der Waals surface area contributed by atoms with Crippen molar-refractivity contribution in [3.8, 4) is 0 Å². The molecule has 0 saturated carbocycles. The van der Waals surface area contributed by atoms with E-state index >= 15 is 0 Å². The van der Waals surface area contributed by atoms with Gasteiger partial charge in [-0.1, -0.05) is 92.8 Å². The molecule has 4 N–H and O–H groups in total. The molecule has 0 amide bonds. The number of aliphatic hydroxyl groups excluding tert-OH is 4. The van der Waals surface area contributed by atoms with E-state index in [-0.39, 0.29) is 13.2 Å². The van der Waals surface area contributed by atoms with Crippen molar-refractivity contribution >= 4 is 0 Å². The van der Waals surface area contributed by atoms with E-state index in [9.17, 15) is 20.4 Å². The standard InChI is InChI=1S/C33H56N2O4/c1-34(24-26-36,32(38)28-30-18-12-10-13-19-30)22-16-8-6-4-3-5-7-9-17-23-35(2,25-27-37)33(39)29-31-20-14-11-15-21-31/h10-15,18-21,32-33,36-39H,3-9,16-17,22-29H2,1-2H3/q+2. The van der Waals surface area contributed by atoms with Gasteiger partial charge in [0, 0.05) is 0 Å². The van der Waals surface area contributed by atoms with Gasteiger partial charge in [0.25, 0.3) is 0 Å². The molecule has 0 aromatic heterocycles. The summed E-state index contributed by atoms with van der Waals surface area (Å²) in [6.07, 6.45) is 10.8. The molecule has 0 bridgehead atoms. The number of quaternary nitrogens is 2. The second-order valence-electron chi connectivity index (χ2n) is 11.8. The molecule has 2 rings (SSSR count). The van der Waals surface area contributed by atoms with Crippen LogP contribution in [0.1, 0.15) is 68.9 Å². The van der Waals surface area contributed by atoms with E-state index in [1.165, 1.54) is 32.1 Å². The highest BCUT2D eigenvalue weighted by Gasteiger charge is 2.31. The number of aliphatic hydroxyl groups is 4. The summed E-state index contributed by atoms with van der Waals surface area (Å²) in [4.78, 5) is 0. The van der Waals surface area contributed by atoms with Crippen molar-refractivity contribution in [3.63, 3.8) is 0 Å². The molecular formula is C33H56N2O4+2. The third kappa shape index (κ3) is 12.5. The number of nitrogens with zero attached hydrogens (tertiary/aromatic N) is 2. The number of unbranched alkanes of at least 4 members (excludes halogenated alkanes) is 8. The van der Waals surface area contributed by atoms with Crippen molar-refractivity contribution in [3.05, 3.63) is 71.8 Å². The Balaban J connectivity index is 1.58. The van der Waals surface area contributed by atoms with Gasteiger partial charge in [-0.05, 0) is 36.8 Å². The third-order valence-electron chi connectivity index (χ3n) is 8.52. The van der Waals surface area contributed by atoms with E-state index in [0.717, 1.165) is 49.9 Å². The average Bonchev–Trinajstić information content (AvgIpc) is 2.93. The lowest BCUT2D eigenvalue weighted by molar-refractivity contribution is -0.954. The number of rotatable bonds is 22. The van der Waals surface area contributed by atoms with Crippen LogP contribution in [0.3, 0.4) is 0 Å². The Morgan fingerprint density at radius 2 is 0.795 bits per heavy atom. The molecule has 2 aromatic carbocycles. The van der Waals surface area contributed by atoms with Crippen LogP contribution in [0.15, 0.2) is 60.7 Å². The van der Waals surface area contributed by atoms with Crippen LogP contribution in [0.2, 0.25) is 0 Å². The Morgan fingerprint density at radius 1 is 0.487 bits per heavy atom. The lowest BCUT2D eigenvalue weighted by Gasteiger charge is -2.38. The minimum Gasteiger partial charge on any atom is -0.391 e. The first-order chi connectivity index (χ1) is 18.8. The second kappa shape index (κ2) is 18.5. The third-order valence-corrected chi connectivity index (χ3v) is 8.52. The van der Waals surface area contributed by atoms with Gasteiger partial charge in [-0.25, -0.2) is 0 Å². The fraction of sp³-hybridized carbons (Fsp3) is 0.636. The van der Waals surface area contributed by atoms with Crippen molar-refractivity contribution in [2.24, 2.45) is 0 Å². The summed E-state index contributed by atoms with van der Waals surface area (Å²) in [5, 5.41) is 41.0. The fourth-order valence-electron chi connectivity index (χ4n) is 5.55. The molecule has 6 heteroatoms. The van der Waals surface area contributed by atoms with Gasteiger partial charge in [0.15, 0.2) is 12.5 Å². The number of hydrogen-bond acceptors (Lipinski definition) is 4. The van der Waals surface area contributed by atoms with Crippen LogP contribution in [-0.4, -0.2) is 95.3 Å². The largest absolute Gasteiger partial charge is 0.391 e. The molecule has 0 spiro atoms. The summed E-state index contributed by atoms with van der Waals surface area (Å²) in [5.74, 6) is 0. The first kappa shape index (κ1) is 33.4. The van der Waals surface area contributed by atoms with Crippen LogP contribution in [0.5, 0.6) is 0 Å². The zero-order valence-electron chi connectivity index (χ0n) is 24.6. The van der Waals surface area contributed by atoms with Gasteiger partial charge in [0.1, 0.15) is 13.1 Å². The molecule has 39 heavy (non-hydrogen) atoms. The molecule has 0 aliphatic rings. The Bertz CT molecular complexity index is 797. The van der Waals surface area contributed by atoms with Crippen LogP contribution in [0.4, 0.5) is 0 Å². The van der Waals surface area contributed by atoms with E-state index in [2.05, 4.69) is 38.4 Å². The van der Waals surface area contributed by atoms with E-state index in [4.69, 9.17) is 0 Å². The van der Waals surface area contributed by atoms with Crippen LogP contribution in [0.25, 0.3) is 0 Å². The van der Waals surface area contributed by atoms with Gasteiger partial charge in [-0.15, -0.1) is 0 Å². The minimum absolute atomic E-state index is 0.0897. The molecule has 0 aliphatic heterocycles. The van der Waals surface area contributed by atoms with E-state index in [0.29, 0.717) is 34.9 Å². The predicted octanol–water partition coefficient (Wildman–Crippen LogP) is 4.50. The quantitative estimate of drug-likeness (QED) is 0.1000. The molecule has 0 aliphatic carbocycles. The Morgan fingerprint density at radius 3 is 1.10 bits per heavy atom. The topological polar surface area (TPSA) is 80.9 Å². The molecule has 220 valence electrons. The number of benzene rings is 2. The number of likely N-dealkylation sites (N-methyl/N-ethyl adjacent to an activating group) is 2. The maximum atomic E-state index is 10.9. The Labute approximate surface area is 237 Å². The molecule has 0 saturated heterocycles. The molecule has 2 aromatic rings. The summed E-state index contributed by atoms with van der Waals surface area (Å²) in [5.41, 5.74) is 2.26. The lowest BCUT2D eigenvalue weighted by atomic mass is 10.1. The van der Waals surface area contributed by atoms with Gasteiger partial charge < -0.3 is 20.4 Å². The van der Waals surface area contributed by atoms with E-state index in [1.807, 2.05) is 36.4 Å². The van der Waals surface area contributed by atoms with Crippen LogP contribution in [0, 0.1) is 0 Å². The maximum absolute atomic E-state index is 10.9. The average molecular weight is 545 g/mol. The smallest absolute Gasteiger partial charge is 0.194 e. The van der Waals surface area contributed by atoms with Crippen molar-refractivity contribution in [2.75, 3.05) is 53.5 Å². The molecule has 0 heterocycles. The molecule has 4 unspecified atom stereocenters. The zero-order valence-corrected chi connectivity index (χ0v) is 24.6. The summed E-state index contributed by atoms with van der Waals surface area (Å²) in [6, 6.07) is 20.2. The fourth-order valence-corrected chi connectivity index (χ4v) is 5.55. The van der Waals surface area contributed by atoms with Crippen molar-refractivity contribution in [1.82, 2.24) is 0 Å². The Kier molecular flexibility index (Phi) is 15.9.